The van der Waals surface area contributed by atoms with E-state index in [1.54, 1.807) is 0 Å². The van der Waals surface area contributed by atoms with Crippen LogP contribution in [0.5, 0.6) is 0 Å². The lowest BCUT2D eigenvalue weighted by molar-refractivity contribution is 0.0746. The molecule has 0 aliphatic carbocycles. The van der Waals surface area contributed by atoms with Crippen molar-refractivity contribution in [2.75, 3.05) is 62.3 Å². The Morgan fingerprint density at radius 2 is 1.72 bits per heavy atom. The molecular formula is C19H21N7O2S. The Hall–Kier alpha value is -2.85. The monoisotopic (exact) mass is 411 g/mol. The van der Waals surface area contributed by atoms with Crippen LogP contribution in [0.1, 0.15) is 10.4 Å². The molecule has 3 aromatic rings. The van der Waals surface area contributed by atoms with Gasteiger partial charge in [0.2, 0.25) is 5.95 Å². The number of nitrogens with zero attached hydrogens (tertiary/aromatic N) is 7. The quantitative estimate of drug-likeness (QED) is 0.637. The van der Waals surface area contributed by atoms with Crippen molar-refractivity contribution >= 4 is 40.4 Å². The first-order valence-electron chi connectivity index (χ1n) is 9.70. The van der Waals surface area contributed by atoms with Crippen molar-refractivity contribution in [3.05, 3.63) is 36.0 Å². The highest BCUT2D eigenvalue weighted by atomic mass is 32.1. The molecule has 0 atom stereocenters. The summed E-state index contributed by atoms with van der Waals surface area (Å²) < 4.78 is 13.8. The highest BCUT2D eigenvalue weighted by Crippen LogP contribution is 2.20. The van der Waals surface area contributed by atoms with Gasteiger partial charge in [0, 0.05) is 51.0 Å². The van der Waals surface area contributed by atoms with Crippen LogP contribution in [0.3, 0.4) is 0 Å². The lowest BCUT2D eigenvalue weighted by Crippen LogP contribution is -2.49. The number of carbonyl (C=O) groups is 1. The molecule has 0 saturated carbocycles. The molecule has 10 heteroatoms. The summed E-state index contributed by atoms with van der Waals surface area (Å²) in [4.78, 5) is 28.3. The van der Waals surface area contributed by atoms with E-state index in [1.165, 1.54) is 0 Å². The fourth-order valence-electron chi connectivity index (χ4n) is 3.67. The number of carbonyl (C=O) groups excluding carboxylic acids is 1. The third-order valence-corrected chi connectivity index (χ3v) is 5.87. The smallest absolute Gasteiger partial charge is 0.254 e. The van der Waals surface area contributed by atoms with E-state index in [0.29, 0.717) is 31.9 Å². The number of rotatable bonds is 3. The predicted octanol–water partition coefficient (Wildman–Crippen LogP) is 1.28. The van der Waals surface area contributed by atoms with E-state index in [0.717, 1.165) is 60.7 Å². The predicted molar refractivity (Wildman–Crippen MR) is 111 cm³/mol. The van der Waals surface area contributed by atoms with Gasteiger partial charge >= 0.3 is 0 Å². The molecule has 2 fully saturated rings. The second-order valence-electron chi connectivity index (χ2n) is 7.06. The topological polar surface area (TPSA) is 87.6 Å². The van der Waals surface area contributed by atoms with Gasteiger partial charge in [-0.3, -0.25) is 4.79 Å². The average molecular weight is 411 g/mol. The number of benzene rings is 1. The minimum absolute atomic E-state index is 0.0382. The number of aromatic nitrogens is 4. The molecule has 0 radical (unpaired) electrons. The van der Waals surface area contributed by atoms with Crippen molar-refractivity contribution < 1.29 is 9.53 Å². The molecule has 2 aromatic heterocycles. The minimum atomic E-state index is 0.0382. The first-order valence-corrected chi connectivity index (χ1v) is 10.4. The second kappa shape index (κ2) is 7.88. The Balaban J connectivity index is 1.24. The average Bonchev–Trinajstić information content (AvgIpc) is 3.27. The van der Waals surface area contributed by atoms with E-state index in [4.69, 9.17) is 9.72 Å². The summed E-state index contributed by atoms with van der Waals surface area (Å²) >= 11 is 1.16. The summed E-state index contributed by atoms with van der Waals surface area (Å²) in [6.45, 7) is 5.83. The molecule has 0 N–H and O–H groups in total. The van der Waals surface area contributed by atoms with Crippen LogP contribution in [-0.4, -0.2) is 82.0 Å². The molecule has 1 amide bonds. The van der Waals surface area contributed by atoms with E-state index < -0.39 is 0 Å². The zero-order chi connectivity index (χ0) is 19.6. The van der Waals surface area contributed by atoms with Crippen LogP contribution >= 0.6 is 11.7 Å². The van der Waals surface area contributed by atoms with Gasteiger partial charge in [-0.1, -0.05) is 0 Å². The zero-order valence-electron chi connectivity index (χ0n) is 15.9. The number of fused-ring (bicyclic) bond motifs is 1. The molecule has 0 unspecified atom stereocenters. The van der Waals surface area contributed by atoms with Crippen molar-refractivity contribution in [2.24, 2.45) is 0 Å². The highest BCUT2D eigenvalue weighted by Gasteiger charge is 2.24. The fourth-order valence-corrected chi connectivity index (χ4v) is 4.18. The fraction of sp³-hybridized carbons (Fsp3) is 0.421. The molecule has 29 heavy (non-hydrogen) atoms. The largest absolute Gasteiger partial charge is 0.378 e. The molecule has 4 heterocycles. The summed E-state index contributed by atoms with van der Waals surface area (Å²) in [6, 6.07) is 7.45. The van der Waals surface area contributed by atoms with Crippen LogP contribution in [0, 0.1) is 0 Å². The van der Waals surface area contributed by atoms with Crippen molar-refractivity contribution in [1.82, 2.24) is 23.6 Å². The number of amides is 1. The van der Waals surface area contributed by atoms with Crippen LogP contribution in [0.2, 0.25) is 0 Å². The summed E-state index contributed by atoms with van der Waals surface area (Å²) in [6.07, 6.45) is 1.81. The number of hydrogen-bond acceptors (Lipinski definition) is 9. The lowest BCUT2D eigenvalue weighted by Gasteiger charge is -2.36. The van der Waals surface area contributed by atoms with Crippen LogP contribution in [0.4, 0.5) is 11.8 Å². The lowest BCUT2D eigenvalue weighted by atomic mass is 10.1. The van der Waals surface area contributed by atoms with Gasteiger partial charge in [-0.15, -0.1) is 0 Å². The van der Waals surface area contributed by atoms with Gasteiger partial charge in [-0.2, -0.15) is 13.7 Å². The van der Waals surface area contributed by atoms with Gasteiger partial charge in [0.1, 0.15) is 16.9 Å². The van der Waals surface area contributed by atoms with E-state index >= 15 is 0 Å². The van der Waals surface area contributed by atoms with Crippen LogP contribution < -0.4 is 9.80 Å². The Morgan fingerprint density at radius 1 is 0.931 bits per heavy atom. The van der Waals surface area contributed by atoms with Gasteiger partial charge in [-0.25, -0.2) is 4.98 Å². The van der Waals surface area contributed by atoms with Gasteiger partial charge in [0.25, 0.3) is 5.91 Å². The van der Waals surface area contributed by atoms with Crippen molar-refractivity contribution in [3.8, 4) is 0 Å². The van der Waals surface area contributed by atoms with Crippen LogP contribution in [-0.2, 0) is 4.74 Å². The normalized spacial score (nSPS) is 17.7. The van der Waals surface area contributed by atoms with Crippen molar-refractivity contribution in [1.29, 1.82) is 0 Å². The molecule has 0 spiro atoms. The van der Waals surface area contributed by atoms with Crippen LogP contribution in [0.25, 0.3) is 11.0 Å². The molecule has 1 aromatic carbocycles. The third-order valence-electron chi connectivity index (χ3n) is 5.31. The third kappa shape index (κ3) is 3.73. The SMILES string of the molecule is O=C(c1ccc2nsnc2c1)N1CCN(c2ccnc(N3CCOCC3)n2)CC1. The van der Waals surface area contributed by atoms with Crippen molar-refractivity contribution in [2.45, 2.75) is 0 Å². The number of piperazine rings is 1. The number of hydrogen-bond donors (Lipinski definition) is 0. The van der Waals surface area contributed by atoms with E-state index in [1.807, 2.05) is 35.4 Å². The van der Waals surface area contributed by atoms with E-state index in [2.05, 4.69) is 23.5 Å². The Bertz CT molecular complexity index is 1010. The molecular weight excluding hydrogens is 390 g/mol. The minimum Gasteiger partial charge on any atom is -0.378 e. The van der Waals surface area contributed by atoms with Crippen LogP contribution in [0.15, 0.2) is 30.5 Å². The Labute approximate surface area is 172 Å². The molecule has 2 aliphatic heterocycles. The molecule has 0 bridgehead atoms. The molecule has 5 rings (SSSR count). The zero-order valence-corrected chi connectivity index (χ0v) is 16.7. The maximum atomic E-state index is 12.9. The maximum absolute atomic E-state index is 12.9. The summed E-state index contributed by atoms with van der Waals surface area (Å²) in [5.41, 5.74) is 2.27. The van der Waals surface area contributed by atoms with Gasteiger partial charge in [-0.05, 0) is 24.3 Å². The van der Waals surface area contributed by atoms with Crippen molar-refractivity contribution in [3.63, 3.8) is 0 Å². The highest BCUT2D eigenvalue weighted by molar-refractivity contribution is 7.00. The summed E-state index contributed by atoms with van der Waals surface area (Å²) in [5.74, 6) is 1.69. The second-order valence-corrected chi connectivity index (χ2v) is 7.59. The molecule has 150 valence electrons. The van der Waals surface area contributed by atoms with Gasteiger partial charge in [0.15, 0.2) is 0 Å². The van der Waals surface area contributed by atoms with Gasteiger partial charge in [0.05, 0.1) is 24.9 Å². The standard InChI is InChI=1S/C19H21N7O2S/c27-18(14-1-2-15-16(13-14)23-29-22-15)25-7-5-24(6-8-25)17-3-4-20-19(21-17)26-9-11-28-12-10-26/h1-4,13H,5-12H2. The number of morpholine rings is 1. The first kappa shape index (κ1) is 18.2. The summed E-state index contributed by atoms with van der Waals surface area (Å²) in [7, 11) is 0. The van der Waals surface area contributed by atoms with E-state index in [-0.39, 0.29) is 5.91 Å². The Morgan fingerprint density at radius 3 is 2.55 bits per heavy atom. The van der Waals surface area contributed by atoms with Gasteiger partial charge < -0.3 is 19.4 Å². The number of ether oxygens (including phenoxy) is 1. The molecule has 2 aliphatic rings. The first-order chi connectivity index (χ1) is 14.3. The Kier molecular flexibility index (Phi) is 4.94. The number of anilines is 2. The maximum Gasteiger partial charge on any atom is 0.254 e. The molecule has 2 saturated heterocycles. The molecule has 9 nitrogen and oxygen atoms in total. The van der Waals surface area contributed by atoms with E-state index in [9.17, 15) is 4.79 Å². The summed E-state index contributed by atoms with van der Waals surface area (Å²) in [5, 5.41) is 0.